The fourth-order valence-corrected chi connectivity index (χ4v) is 2.84. The highest BCUT2D eigenvalue weighted by Gasteiger charge is 2.21. The molecule has 0 spiro atoms. The summed E-state index contributed by atoms with van der Waals surface area (Å²) >= 11 is 2.42. The van der Waals surface area contributed by atoms with Crippen LogP contribution in [0.25, 0.3) is 0 Å². The lowest BCUT2D eigenvalue weighted by atomic mass is 9.97. The Morgan fingerprint density at radius 3 is 2.20 bits per heavy atom. The van der Waals surface area contributed by atoms with Gasteiger partial charge in [0.15, 0.2) is 0 Å². The first kappa shape index (κ1) is 12.0. The van der Waals surface area contributed by atoms with E-state index in [1.165, 1.54) is 45.6 Å². The quantitative estimate of drug-likeness (QED) is 0.457. The van der Waals surface area contributed by atoms with E-state index >= 15 is 0 Å². The lowest BCUT2D eigenvalue weighted by Crippen LogP contribution is -2.46. The minimum atomic E-state index is 0.880. The standard InChI is InChI=1S/C10H21IN4/c11-14-7-5-13(6-8-14)9-10-1-3-15(12)4-2-10/h10H,1-9,12H2. The second-order valence-electron chi connectivity index (χ2n) is 4.69. The Balaban J connectivity index is 1.68. The highest BCUT2D eigenvalue weighted by Crippen LogP contribution is 2.17. The van der Waals surface area contributed by atoms with Crippen LogP contribution in [0.1, 0.15) is 12.8 Å². The van der Waals surface area contributed by atoms with Gasteiger partial charge in [-0.3, -0.25) is 5.84 Å². The molecule has 0 aromatic carbocycles. The summed E-state index contributed by atoms with van der Waals surface area (Å²) in [5.74, 6) is 6.64. The molecule has 0 saturated carbocycles. The van der Waals surface area contributed by atoms with Crippen LogP contribution in [0.4, 0.5) is 0 Å². The number of halogens is 1. The van der Waals surface area contributed by atoms with Crippen LogP contribution in [0.2, 0.25) is 0 Å². The first-order valence-corrected chi connectivity index (χ1v) is 6.83. The predicted octanol–water partition coefficient (Wildman–Crippen LogP) is 0.540. The first-order valence-electron chi connectivity index (χ1n) is 5.87. The number of nitrogens with zero attached hydrogens (tertiary/aromatic N) is 3. The van der Waals surface area contributed by atoms with E-state index in [1.807, 2.05) is 5.01 Å². The van der Waals surface area contributed by atoms with Crippen LogP contribution in [0.5, 0.6) is 0 Å². The smallest absolute Gasteiger partial charge is 0.0209 e. The van der Waals surface area contributed by atoms with Gasteiger partial charge in [0.05, 0.1) is 0 Å². The third-order valence-electron chi connectivity index (χ3n) is 3.48. The molecule has 88 valence electrons. The largest absolute Gasteiger partial charge is 0.300 e. The second kappa shape index (κ2) is 5.77. The molecule has 0 aromatic heterocycles. The summed E-state index contributed by atoms with van der Waals surface area (Å²) in [6, 6.07) is 0. The Morgan fingerprint density at radius 2 is 1.60 bits per heavy atom. The van der Waals surface area contributed by atoms with E-state index in [4.69, 9.17) is 5.84 Å². The van der Waals surface area contributed by atoms with Crippen molar-refractivity contribution >= 4 is 22.9 Å². The molecule has 15 heavy (non-hydrogen) atoms. The van der Waals surface area contributed by atoms with Crippen molar-refractivity contribution in [2.24, 2.45) is 11.8 Å². The third kappa shape index (κ3) is 3.81. The number of hydrogen-bond acceptors (Lipinski definition) is 4. The molecule has 2 fully saturated rings. The number of piperidine rings is 1. The van der Waals surface area contributed by atoms with E-state index in [2.05, 4.69) is 30.9 Å². The molecule has 0 amide bonds. The van der Waals surface area contributed by atoms with Crippen molar-refractivity contribution in [2.45, 2.75) is 12.8 Å². The van der Waals surface area contributed by atoms with Gasteiger partial charge in [0.2, 0.25) is 0 Å². The Hall–Kier alpha value is 0.570. The number of piperazine rings is 1. The average Bonchev–Trinajstić information content (AvgIpc) is 2.25. The highest BCUT2D eigenvalue weighted by molar-refractivity contribution is 14.1. The van der Waals surface area contributed by atoms with Crippen molar-refractivity contribution < 1.29 is 0 Å². The van der Waals surface area contributed by atoms with Gasteiger partial charge in [0.25, 0.3) is 0 Å². The van der Waals surface area contributed by atoms with Crippen LogP contribution < -0.4 is 5.84 Å². The van der Waals surface area contributed by atoms with Gasteiger partial charge < -0.3 is 4.90 Å². The molecule has 0 atom stereocenters. The van der Waals surface area contributed by atoms with Crippen LogP contribution >= 0.6 is 22.9 Å². The maximum Gasteiger partial charge on any atom is 0.0209 e. The minimum absolute atomic E-state index is 0.880. The molecule has 4 nitrogen and oxygen atoms in total. The van der Waals surface area contributed by atoms with Crippen LogP contribution in [-0.4, -0.2) is 58.8 Å². The maximum atomic E-state index is 5.76. The summed E-state index contributed by atoms with van der Waals surface area (Å²) in [5, 5.41) is 1.96. The molecular weight excluding hydrogens is 303 g/mol. The molecule has 2 heterocycles. The van der Waals surface area contributed by atoms with Crippen molar-refractivity contribution in [3.05, 3.63) is 0 Å². The molecule has 0 bridgehead atoms. The van der Waals surface area contributed by atoms with Crippen LogP contribution in [-0.2, 0) is 0 Å². The highest BCUT2D eigenvalue weighted by atomic mass is 127. The average molecular weight is 324 g/mol. The molecule has 2 aliphatic heterocycles. The lowest BCUT2D eigenvalue weighted by molar-refractivity contribution is 0.126. The number of nitrogens with two attached hydrogens (primary N) is 1. The third-order valence-corrected chi connectivity index (χ3v) is 4.45. The molecule has 2 aliphatic rings. The van der Waals surface area contributed by atoms with Crippen molar-refractivity contribution in [1.29, 1.82) is 0 Å². The monoisotopic (exact) mass is 324 g/mol. The molecule has 5 heteroatoms. The fraction of sp³-hybridized carbons (Fsp3) is 1.00. The Labute approximate surface area is 106 Å². The summed E-state index contributed by atoms with van der Waals surface area (Å²) in [6.45, 7) is 8.37. The number of hydrazine groups is 1. The molecule has 0 unspecified atom stereocenters. The van der Waals surface area contributed by atoms with Crippen LogP contribution in [0.3, 0.4) is 0 Å². The summed E-state index contributed by atoms with van der Waals surface area (Å²) in [6.07, 6.45) is 2.56. The van der Waals surface area contributed by atoms with Gasteiger partial charge in [-0.2, -0.15) is 0 Å². The van der Waals surface area contributed by atoms with E-state index in [1.54, 1.807) is 0 Å². The predicted molar refractivity (Wildman–Crippen MR) is 70.5 cm³/mol. The molecule has 2 saturated heterocycles. The van der Waals surface area contributed by atoms with Gasteiger partial charge >= 0.3 is 0 Å². The van der Waals surface area contributed by atoms with Gasteiger partial charge in [0, 0.05) is 68.7 Å². The maximum absolute atomic E-state index is 5.76. The summed E-state index contributed by atoms with van der Waals surface area (Å²) < 4.78 is 2.39. The van der Waals surface area contributed by atoms with E-state index in [9.17, 15) is 0 Å². The number of hydrogen-bond donors (Lipinski definition) is 1. The molecule has 0 aliphatic carbocycles. The minimum Gasteiger partial charge on any atom is -0.300 e. The van der Waals surface area contributed by atoms with E-state index < -0.39 is 0 Å². The zero-order chi connectivity index (χ0) is 10.7. The molecule has 0 radical (unpaired) electrons. The van der Waals surface area contributed by atoms with Gasteiger partial charge in [-0.05, 0) is 18.8 Å². The zero-order valence-electron chi connectivity index (χ0n) is 9.24. The van der Waals surface area contributed by atoms with Gasteiger partial charge in [0.1, 0.15) is 0 Å². The van der Waals surface area contributed by atoms with Gasteiger partial charge in [-0.15, -0.1) is 0 Å². The summed E-state index contributed by atoms with van der Waals surface area (Å²) in [7, 11) is 0. The van der Waals surface area contributed by atoms with E-state index in [0.717, 1.165) is 19.0 Å². The van der Waals surface area contributed by atoms with Crippen molar-refractivity contribution in [1.82, 2.24) is 13.0 Å². The van der Waals surface area contributed by atoms with Crippen LogP contribution in [0.15, 0.2) is 0 Å². The topological polar surface area (TPSA) is 35.7 Å². The van der Waals surface area contributed by atoms with Gasteiger partial charge in [-0.25, -0.2) is 8.12 Å². The normalized spacial score (nSPS) is 28.4. The number of rotatable bonds is 2. The first-order chi connectivity index (χ1) is 7.24. The summed E-state index contributed by atoms with van der Waals surface area (Å²) in [4.78, 5) is 2.62. The van der Waals surface area contributed by atoms with Crippen molar-refractivity contribution in [2.75, 3.05) is 45.8 Å². The molecular formula is C10H21IN4. The molecule has 0 aromatic rings. The van der Waals surface area contributed by atoms with Crippen molar-refractivity contribution in [3.63, 3.8) is 0 Å². The van der Waals surface area contributed by atoms with E-state index in [0.29, 0.717) is 0 Å². The Kier molecular flexibility index (Phi) is 4.63. The van der Waals surface area contributed by atoms with E-state index in [-0.39, 0.29) is 0 Å². The molecule has 2 rings (SSSR count). The summed E-state index contributed by atoms with van der Waals surface area (Å²) in [5.41, 5.74) is 0. The fourth-order valence-electron chi connectivity index (χ4n) is 2.41. The lowest BCUT2D eigenvalue weighted by Gasteiger charge is -2.36. The Bertz CT molecular complexity index is 166. The van der Waals surface area contributed by atoms with Crippen molar-refractivity contribution in [3.8, 4) is 0 Å². The SMILES string of the molecule is NN1CCC(CN2CCN(I)CC2)CC1. The zero-order valence-corrected chi connectivity index (χ0v) is 11.4. The van der Waals surface area contributed by atoms with Crippen LogP contribution in [0, 0.1) is 5.92 Å². The van der Waals surface area contributed by atoms with Gasteiger partial charge in [-0.1, -0.05) is 0 Å². The Morgan fingerprint density at radius 1 is 1.00 bits per heavy atom. The second-order valence-corrected chi connectivity index (χ2v) is 6.05. The molecule has 2 N–H and O–H groups in total.